The normalized spacial score (nSPS) is 22.4. The number of hydrogen-bond acceptors (Lipinski definition) is 2. The van der Waals surface area contributed by atoms with Gasteiger partial charge in [0.05, 0.1) is 22.7 Å². The minimum atomic E-state index is 0.408. The second-order valence-corrected chi connectivity index (χ2v) is 5.57. The molecule has 1 fully saturated rings. The highest BCUT2D eigenvalue weighted by Crippen LogP contribution is 2.47. The molecule has 0 radical (unpaired) electrons. The lowest BCUT2D eigenvalue weighted by molar-refractivity contribution is 0.580. The van der Waals surface area contributed by atoms with Gasteiger partial charge in [0, 0.05) is 12.0 Å². The molecule has 1 aliphatic carbocycles. The molecule has 2 aromatic rings. The largest absolute Gasteiger partial charge is 0.325 e. The Morgan fingerprint density at radius 1 is 1.44 bits per heavy atom. The lowest BCUT2D eigenvalue weighted by Crippen LogP contribution is -2.05. The van der Waals surface area contributed by atoms with Crippen molar-refractivity contribution < 1.29 is 0 Å². The molecular weight excluding hydrogens is 222 g/mol. The molecule has 1 aromatic carbocycles. The number of fused-ring (bicyclic) bond motifs is 1. The topological polar surface area (TPSA) is 41.6 Å². The molecule has 1 heterocycles. The Labute approximate surface area is 107 Å². The van der Waals surface area contributed by atoms with E-state index >= 15 is 0 Å². The van der Waals surface area contributed by atoms with Gasteiger partial charge >= 0.3 is 0 Å². The first-order valence-electron chi connectivity index (χ1n) is 6.53. The fourth-order valence-corrected chi connectivity index (χ4v) is 2.67. The standard InChI is InChI=1S/C15H17N3/c1-9(2)18-14-5-4-11(8-16)7-13(14)17-15(18)12-6-10(12)3/h4-5,7,9-10,12H,6H2,1-3H3. The molecule has 92 valence electrons. The van der Waals surface area contributed by atoms with Gasteiger partial charge in [-0.15, -0.1) is 0 Å². The predicted molar refractivity (Wildman–Crippen MR) is 71.4 cm³/mol. The third-order valence-corrected chi connectivity index (χ3v) is 3.80. The molecule has 0 amide bonds. The molecule has 2 atom stereocenters. The molecule has 0 saturated heterocycles. The number of rotatable bonds is 2. The van der Waals surface area contributed by atoms with Gasteiger partial charge < -0.3 is 4.57 Å². The second-order valence-electron chi connectivity index (χ2n) is 5.57. The summed E-state index contributed by atoms with van der Waals surface area (Å²) in [6.07, 6.45) is 1.24. The van der Waals surface area contributed by atoms with Gasteiger partial charge in [-0.05, 0) is 44.4 Å². The first kappa shape index (κ1) is 11.3. The van der Waals surface area contributed by atoms with E-state index < -0.39 is 0 Å². The lowest BCUT2D eigenvalue weighted by atomic mass is 10.2. The first-order chi connectivity index (χ1) is 8.61. The molecule has 0 N–H and O–H groups in total. The van der Waals surface area contributed by atoms with E-state index in [1.165, 1.54) is 12.2 Å². The van der Waals surface area contributed by atoms with Crippen molar-refractivity contribution in [2.24, 2.45) is 5.92 Å². The van der Waals surface area contributed by atoms with E-state index in [-0.39, 0.29) is 0 Å². The maximum absolute atomic E-state index is 8.96. The van der Waals surface area contributed by atoms with Gasteiger partial charge in [-0.25, -0.2) is 4.98 Å². The summed E-state index contributed by atoms with van der Waals surface area (Å²) in [5, 5.41) is 8.96. The number of hydrogen-bond donors (Lipinski definition) is 0. The van der Waals surface area contributed by atoms with E-state index in [0.29, 0.717) is 17.5 Å². The van der Waals surface area contributed by atoms with E-state index in [1.54, 1.807) is 0 Å². The molecule has 3 nitrogen and oxygen atoms in total. The maximum Gasteiger partial charge on any atom is 0.113 e. The van der Waals surface area contributed by atoms with Crippen molar-refractivity contribution in [1.29, 1.82) is 5.26 Å². The van der Waals surface area contributed by atoms with E-state index in [0.717, 1.165) is 17.0 Å². The van der Waals surface area contributed by atoms with Crippen LogP contribution in [-0.2, 0) is 0 Å². The molecule has 0 bridgehead atoms. The van der Waals surface area contributed by atoms with Crippen LogP contribution in [-0.4, -0.2) is 9.55 Å². The van der Waals surface area contributed by atoms with Gasteiger partial charge in [-0.2, -0.15) is 5.26 Å². The lowest BCUT2D eigenvalue weighted by Gasteiger charge is -2.12. The SMILES string of the molecule is CC1CC1c1nc2cc(C#N)ccc2n1C(C)C. The average Bonchev–Trinajstić information content (AvgIpc) is 2.94. The summed E-state index contributed by atoms with van der Waals surface area (Å²) >= 11 is 0. The van der Waals surface area contributed by atoms with Crippen molar-refractivity contribution >= 4 is 11.0 Å². The number of aromatic nitrogens is 2. The van der Waals surface area contributed by atoms with Crippen LogP contribution in [0.4, 0.5) is 0 Å². The minimum Gasteiger partial charge on any atom is -0.325 e. The third-order valence-electron chi connectivity index (χ3n) is 3.80. The molecule has 3 heteroatoms. The van der Waals surface area contributed by atoms with E-state index in [1.807, 2.05) is 18.2 Å². The molecule has 0 spiro atoms. The minimum absolute atomic E-state index is 0.408. The van der Waals surface area contributed by atoms with E-state index in [4.69, 9.17) is 10.2 Å². The smallest absolute Gasteiger partial charge is 0.113 e. The Balaban J connectivity index is 2.23. The number of benzene rings is 1. The molecule has 1 aromatic heterocycles. The van der Waals surface area contributed by atoms with Gasteiger partial charge in [-0.1, -0.05) is 6.92 Å². The van der Waals surface area contributed by atoms with Crippen LogP contribution in [0, 0.1) is 17.2 Å². The second kappa shape index (κ2) is 3.84. The van der Waals surface area contributed by atoms with Crippen LogP contribution >= 0.6 is 0 Å². The molecule has 0 aliphatic heterocycles. The van der Waals surface area contributed by atoms with Gasteiger partial charge in [-0.3, -0.25) is 0 Å². The van der Waals surface area contributed by atoms with Gasteiger partial charge in [0.1, 0.15) is 5.82 Å². The van der Waals surface area contributed by atoms with Crippen LogP contribution in [0.1, 0.15) is 50.5 Å². The first-order valence-corrected chi connectivity index (χ1v) is 6.53. The number of imidazole rings is 1. The Hall–Kier alpha value is -1.82. The van der Waals surface area contributed by atoms with Crippen molar-refractivity contribution in [3.05, 3.63) is 29.6 Å². The van der Waals surface area contributed by atoms with Crippen LogP contribution in [0.3, 0.4) is 0 Å². The highest BCUT2D eigenvalue weighted by Gasteiger charge is 2.38. The van der Waals surface area contributed by atoms with Gasteiger partial charge in [0.15, 0.2) is 0 Å². The monoisotopic (exact) mass is 239 g/mol. The Bertz CT molecular complexity index is 646. The molecule has 1 aliphatic rings. The maximum atomic E-state index is 8.96. The Kier molecular flexibility index (Phi) is 2.41. The summed E-state index contributed by atoms with van der Waals surface area (Å²) in [6.45, 7) is 6.65. The summed E-state index contributed by atoms with van der Waals surface area (Å²) in [4.78, 5) is 4.77. The fraction of sp³-hybridized carbons (Fsp3) is 0.467. The zero-order valence-corrected chi connectivity index (χ0v) is 11.0. The van der Waals surface area contributed by atoms with Crippen LogP contribution < -0.4 is 0 Å². The van der Waals surface area contributed by atoms with Crippen molar-refractivity contribution in [2.75, 3.05) is 0 Å². The summed E-state index contributed by atoms with van der Waals surface area (Å²) in [6, 6.07) is 8.39. The molecule has 1 saturated carbocycles. The fourth-order valence-electron chi connectivity index (χ4n) is 2.67. The zero-order valence-electron chi connectivity index (χ0n) is 11.0. The van der Waals surface area contributed by atoms with Crippen molar-refractivity contribution in [3.8, 4) is 6.07 Å². The van der Waals surface area contributed by atoms with Crippen LogP contribution in [0.2, 0.25) is 0 Å². The highest BCUT2D eigenvalue weighted by molar-refractivity contribution is 5.78. The van der Waals surface area contributed by atoms with E-state index in [9.17, 15) is 0 Å². The van der Waals surface area contributed by atoms with Gasteiger partial charge in [0.2, 0.25) is 0 Å². The summed E-state index contributed by atoms with van der Waals surface area (Å²) in [5.74, 6) is 2.54. The van der Waals surface area contributed by atoms with Crippen LogP contribution in [0.25, 0.3) is 11.0 Å². The molecular formula is C15H17N3. The van der Waals surface area contributed by atoms with Crippen molar-refractivity contribution in [3.63, 3.8) is 0 Å². The molecule has 2 unspecified atom stereocenters. The number of nitrogens with zero attached hydrogens (tertiary/aromatic N) is 3. The quantitative estimate of drug-likeness (QED) is 0.803. The van der Waals surface area contributed by atoms with Crippen molar-refractivity contribution in [1.82, 2.24) is 9.55 Å². The van der Waals surface area contributed by atoms with E-state index in [2.05, 4.69) is 31.4 Å². The molecule has 3 rings (SSSR count). The molecule has 18 heavy (non-hydrogen) atoms. The van der Waals surface area contributed by atoms with Gasteiger partial charge in [0.25, 0.3) is 0 Å². The van der Waals surface area contributed by atoms with Crippen LogP contribution in [0.15, 0.2) is 18.2 Å². The van der Waals surface area contributed by atoms with Crippen molar-refractivity contribution in [2.45, 2.75) is 39.2 Å². The third kappa shape index (κ3) is 1.60. The predicted octanol–water partition coefficient (Wildman–Crippen LogP) is 3.61. The summed E-state index contributed by atoms with van der Waals surface area (Å²) in [7, 11) is 0. The summed E-state index contributed by atoms with van der Waals surface area (Å²) < 4.78 is 2.32. The summed E-state index contributed by atoms with van der Waals surface area (Å²) in [5.41, 5.74) is 2.79. The highest BCUT2D eigenvalue weighted by atomic mass is 15.1. The number of nitriles is 1. The Morgan fingerprint density at radius 2 is 2.17 bits per heavy atom. The average molecular weight is 239 g/mol. The Morgan fingerprint density at radius 3 is 2.72 bits per heavy atom. The van der Waals surface area contributed by atoms with Crippen LogP contribution in [0.5, 0.6) is 0 Å². The zero-order chi connectivity index (χ0) is 12.9.